The first-order valence-electron chi connectivity index (χ1n) is 6.47. The van der Waals surface area contributed by atoms with E-state index in [9.17, 15) is 4.79 Å². The Morgan fingerprint density at radius 1 is 1.32 bits per heavy atom. The lowest BCUT2D eigenvalue weighted by Crippen LogP contribution is -2.56. The van der Waals surface area contributed by atoms with Gasteiger partial charge in [0, 0.05) is 30.9 Å². The maximum absolute atomic E-state index is 12.6. The molecule has 1 aromatic carbocycles. The maximum Gasteiger partial charge on any atom is 0.255 e. The monoisotopic (exact) mass is 325 g/mol. The number of benzene rings is 1. The van der Waals surface area contributed by atoms with Crippen LogP contribution in [-0.2, 0) is 0 Å². The van der Waals surface area contributed by atoms with Crippen LogP contribution in [0.5, 0.6) is 0 Å². The standard InChI is InChI=1S/C14H20BrN3O/c1-9-7-18(8-10(2)17(9)3)14(19)11-5-4-6-12(16)13(11)15/h4-6,9-10H,7-8,16H2,1-3H3. The number of hydrogen-bond acceptors (Lipinski definition) is 3. The van der Waals surface area contributed by atoms with Crippen LogP contribution in [0.15, 0.2) is 22.7 Å². The van der Waals surface area contributed by atoms with Gasteiger partial charge in [-0.15, -0.1) is 0 Å². The van der Waals surface area contributed by atoms with Gasteiger partial charge in [0.1, 0.15) is 0 Å². The fraction of sp³-hybridized carbons (Fsp3) is 0.500. The van der Waals surface area contributed by atoms with Gasteiger partial charge in [-0.05, 0) is 49.0 Å². The highest BCUT2D eigenvalue weighted by atomic mass is 79.9. The molecule has 2 unspecified atom stereocenters. The normalized spacial score (nSPS) is 24.5. The molecule has 4 nitrogen and oxygen atoms in total. The number of nitrogen functional groups attached to an aromatic ring is 1. The number of likely N-dealkylation sites (N-methyl/N-ethyl adjacent to an activating group) is 1. The molecule has 1 aliphatic rings. The molecule has 2 rings (SSSR count). The molecule has 0 spiro atoms. The third-order valence-electron chi connectivity index (χ3n) is 3.91. The largest absolute Gasteiger partial charge is 0.398 e. The number of rotatable bonds is 1. The fourth-order valence-electron chi connectivity index (χ4n) is 2.46. The van der Waals surface area contributed by atoms with Crippen molar-refractivity contribution >= 4 is 27.5 Å². The van der Waals surface area contributed by atoms with E-state index < -0.39 is 0 Å². The molecular formula is C14H20BrN3O. The Hall–Kier alpha value is -1.07. The minimum atomic E-state index is 0.0472. The summed E-state index contributed by atoms with van der Waals surface area (Å²) in [6.45, 7) is 5.79. The lowest BCUT2D eigenvalue weighted by atomic mass is 10.1. The first kappa shape index (κ1) is 14.3. The fourth-order valence-corrected chi connectivity index (χ4v) is 2.89. The van der Waals surface area contributed by atoms with Gasteiger partial charge in [0.2, 0.25) is 0 Å². The zero-order chi connectivity index (χ0) is 14.2. The number of nitrogens with two attached hydrogens (primary N) is 1. The first-order chi connectivity index (χ1) is 8.91. The Morgan fingerprint density at radius 3 is 2.47 bits per heavy atom. The highest BCUT2D eigenvalue weighted by molar-refractivity contribution is 9.10. The topological polar surface area (TPSA) is 49.6 Å². The smallest absolute Gasteiger partial charge is 0.255 e. The summed E-state index contributed by atoms with van der Waals surface area (Å²) in [5.74, 6) is 0.0472. The van der Waals surface area contributed by atoms with Crippen LogP contribution in [0.2, 0.25) is 0 Å². The number of carbonyl (C=O) groups excluding carboxylic acids is 1. The van der Waals surface area contributed by atoms with Gasteiger partial charge in [-0.1, -0.05) is 6.07 Å². The molecule has 1 aromatic rings. The van der Waals surface area contributed by atoms with Crippen LogP contribution in [-0.4, -0.2) is 47.9 Å². The van der Waals surface area contributed by atoms with Gasteiger partial charge in [-0.3, -0.25) is 9.69 Å². The van der Waals surface area contributed by atoms with Crippen LogP contribution in [0.4, 0.5) is 5.69 Å². The molecule has 0 radical (unpaired) electrons. The predicted molar refractivity (Wildman–Crippen MR) is 81.1 cm³/mol. The van der Waals surface area contributed by atoms with Crippen molar-refractivity contribution in [3.63, 3.8) is 0 Å². The zero-order valence-corrected chi connectivity index (χ0v) is 13.1. The van der Waals surface area contributed by atoms with E-state index in [0.717, 1.165) is 13.1 Å². The summed E-state index contributed by atoms with van der Waals surface area (Å²) >= 11 is 3.41. The Labute approximate surface area is 122 Å². The quantitative estimate of drug-likeness (QED) is 0.805. The number of piperazine rings is 1. The van der Waals surface area contributed by atoms with Crippen molar-refractivity contribution in [2.45, 2.75) is 25.9 Å². The third-order valence-corrected chi connectivity index (χ3v) is 4.79. The van der Waals surface area contributed by atoms with E-state index in [-0.39, 0.29) is 5.91 Å². The summed E-state index contributed by atoms with van der Waals surface area (Å²) in [4.78, 5) is 16.8. The van der Waals surface area contributed by atoms with Crippen molar-refractivity contribution in [2.24, 2.45) is 0 Å². The number of halogens is 1. The average Bonchev–Trinajstić information content (AvgIpc) is 2.38. The number of amides is 1. The summed E-state index contributed by atoms with van der Waals surface area (Å²) in [5.41, 5.74) is 7.08. The van der Waals surface area contributed by atoms with Crippen molar-refractivity contribution in [3.8, 4) is 0 Å². The second-order valence-corrected chi connectivity index (χ2v) is 6.08. The summed E-state index contributed by atoms with van der Waals surface area (Å²) in [6.07, 6.45) is 0. The SMILES string of the molecule is CC1CN(C(=O)c2cccc(N)c2Br)CC(C)N1C. The van der Waals surface area contributed by atoms with Gasteiger partial charge in [-0.2, -0.15) is 0 Å². The summed E-state index contributed by atoms with van der Waals surface area (Å²) in [5, 5.41) is 0. The summed E-state index contributed by atoms with van der Waals surface area (Å²) < 4.78 is 0.694. The molecule has 1 fully saturated rings. The molecule has 1 aliphatic heterocycles. The van der Waals surface area contributed by atoms with E-state index in [2.05, 4.69) is 41.7 Å². The lowest BCUT2D eigenvalue weighted by molar-refractivity contribution is 0.0413. The Morgan fingerprint density at radius 2 is 1.89 bits per heavy atom. The van der Waals surface area contributed by atoms with Crippen LogP contribution in [0.3, 0.4) is 0 Å². The van der Waals surface area contributed by atoms with E-state index in [4.69, 9.17) is 5.73 Å². The molecule has 0 aromatic heterocycles. The van der Waals surface area contributed by atoms with E-state index >= 15 is 0 Å². The van der Waals surface area contributed by atoms with Gasteiger partial charge in [0.05, 0.1) is 10.0 Å². The van der Waals surface area contributed by atoms with Crippen LogP contribution >= 0.6 is 15.9 Å². The molecule has 5 heteroatoms. The minimum absolute atomic E-state index is 0.0472. The Balaban J connectivity index is 2.23. The van der Waals surface area contributed by atoms with Crippen LogP contribution in [0.25, 0.3) is 0 Å². The molecule has 2 atom stereocenters. The predicted octanol–water partition coefficient (Wildman–Crippen LogP) is 2.20. The van der Waals surface area contributed by atoms with Crippen molar-refractivity contribution < 1.29 is 4.79 Å². The molecule has 2 N–H and O–H groups in total. The third kappa shape index (κ3) is 2.77. The van der Waals surface area contributed by atoms with Crippen molar-refractivity contribution in [1.82, 2.24) is 9.80 Å². The molecule has 0 bridgehead atoms. The van der Waals surface area contributed by atoms with Crippen LogP contribution in [0.1, 0.15) is 24.2 Å². The summed E-state index contributed by atoms with van der Waals surface area (Å²) in [7, 11) is 2.10. The molecule has 1 amide bonds. The van der Waals surface area contributed by atoms with Gasteiger partial charge in [0.15, 0.2) is 0 Å². The van der Waals surface area contributed by atoms with Crippen molar-refractivity contribution in [2.75, 3.05) is 25.9 Å². The lowest BCUT2D eigenvalue weighted by Gasteiger charge is -2.42. The number of carbonyl (C=O) groups is 1. The number of hydrogen-bond donors (Lipinski definition) is 1. The molecule has 0 aliphatic carbocycles. The van der Waals surface area contributed by atoms with Crippen LogP contribution in [0, 0.1) is 0 Å². The number of anilines is 1. The van der Waals surface area contributed by atoms with Gasteiger partial charge < -0.3 is 10.6 Å². The van der Waals surface area contributed by atoms with E-state index in [1.54, 1.807) is 6.07 Å². The Kier molecular flexibility index (Phi) is 4.16. The average molecular weight is 326 g/mol. The van der Waals surface area contributed by atoms with E-state index in [1.165, 1.54) is 0 Å². The molecule has 0 saturated carbocycles. The second-order valence-electron chi connectivity index (χ2n) is 5.28. The van der Waals surface area contributed by atoms with E-state index in [0.29, 0.717) is 27.8 Å². The zero-order valence-electron chi connectivity index (χ0n) is 11.6. The molecular weight excluding hydrogens is 306 g/mol. The summed E-state index contributed by atoms with van der Waals surface area (Å²) in [6, 6.07) is 6.16. The van der Waals surface area contributed by atoms with Crippen LogP contribution < -0.4 is 5.73 Å². The van der Waals surface area contributed by atoms with Crippen molar-refractivity contribution in [1.29, 1.82) is 0 Å². The second kappa shape index (κ2) is 5.51. The molecule has 19 heavy (non-hydrogen) atoms. The molecule has 1 saturated heterocycles. The first-order valence-corrected chi connectivity index (χ1v) is 7.26. The molecule has 1 heterocycles. The van der Waals surface area contributed by atoms with Crippen molar-refractivity contribution in [3.05, 3.63) is 28.2 Å². The minimum Gasteiger partial charge on any atom is -0.398 e. The van der Waals surface area contributed by atoms with E-state index in [1.807, 2.05) is 17.0 Å². The maximum atomic E-state index is 12.6. The number of nitrogens with zero attached hydrogens (tertiary/aromatic N) is 2. The Bertz CT molecular complexity index is 480. The van der Waals surface area contributed by atoms with Gasteiger partial charge >= 0.3 is 0 Å². The van der Waals surface area contributed by atoms with Gasteiger partial charge in [-0.25, -0.2) is 0 Å². The highest BCUT2D eigenvalue weighted by Crippen LogP contribution is 2.26. The van der Waals surface area contributed by atoms with Gasteiger partial charge in [0.25, 0.3) is 5.91 Å². The highest BCUT2D eigenvalue weighted by Gasteiger charge is 2.30. The molecule has 104 valence electrons.